The van der Waals surface area contributed by atoms with Gasteiger partial charge in [0.25, 0.3) is 0 Å². The Balaban J connectivity index is 2.44. The van der Waals surface area contributed by atoms with Gasteiger partial charge in [0.05, 0.1) is 5.69 Å². The van der Waals surface area contributed by atoms with Crippen LogP contribution in [0.4, 0.5) is 0 Å². The van der Waals surface area contributed by atoms with Crippen molar-refractivity contribution >= 4 is 24.2 Å². The summed E-state index contributed by atoms with van der Waals surface area (Å²) < 4.78 is 0. The van der Waals surface area contributed by atoms with Crippen molar-refractivity contribution < 1.29 is 10.0 Å². The zero-order chi connectivity index (χ0) is 11.5. The maximum Gasteiger partial charge on any atom is 0.488 e. The molecule has 0 unspecified atom stereocenters. The molecule has 3 nitrogen and oxygen atoms in total. The summed E-state index contributed by atoms with van der Waals surface area (Å²) in [7, 11) is -1.47. The lowest BCUT2D eigenvalue weighted by molar-refractivity contribution is 0.426. The highest BCUT2D eigenvalue weighted by atomic mass is 35.5. The highest BCUT2D eigenvalue weighted by molar-refractivity contribution is 6.58. The summed E-state index contributed by atoms with van der Waals surface area (Å²) in [5.74, 6) is 0. The van der Waals surface area contributed by atoms with E-state index in [1.54, 1.807) is 36.5 Å². The lowest BCUT2D eigenvalue weighted by atomic mass is 9.79. The monoisotopic (exact) mass is 233 g/mol. The van der Waals surface area contributed by atoms with E-state index in [0.29, 0.717) is 16.2 Å². The molecule has 2 N–H and O–H groups in total. The van der Waals surface area contributed by atoms with E-state index in [9.17, 15) is 0 Å². The maximum atomic E-state index is 9.06. The van der Waals surface area contributed by atoms with Crippen molar-refractivity contribution in [3.8, 4) is 11.3 Å². The highest BCUT2D eigenvalue weighted by Gasteiger charge is 2.11. The molecule has 0 aliphatic rings. The molecule has 0 saturated heterocycles. The zero-order valence-electron chi connectivity index (χ0n) is 8.34. The molecule has 0 saturated carbocycles. The van der Waals surface area contributed by atoms with E-state index >= 15 is 0 Å². The molecule has 0 bridgehead atoms. The van der Waals surface area contributed by atoms with Crippen LogP contribution in [0.15, 0.2) is 42.6 Å². The molecule has 0 aliphatic heterocycles. The van der Waals surface area contributed by atoms with Gasteiger partial charge >= 0.3 is 7.12 Å². The molecular weight excluding hydrogens is 224 g/mol. The average molecular weight is 233 g/mol. The molecule has 0 amide bonds. The van der Waals surface area contributed by atoms with Crippen LogP contribution in [0, 0.1) is 0 Å². The molecule has 0 spiro atoms. The fourth-order valence-corrected chi connectivity index (χ4v) is 1.58. The quantitative estimate of drug-likeness (QED) is 0.763. The molecule has 1 heterocycles. The zero-order valence-corrected chi connectivity index (χ0v) is 9.09. The summed E-state index contributed by atoms with van der Waals surface area (Å²) in [4.78, 5) is 4.16. The van der Waals surface area contributed by atoms with Crippen molar-refractivity contribution in [3.63, 3.8) is 0 Å². The number of halogens is 1. The molecule has 0 atom stereocenters. The van der Waals surface area contributed by atoms with Crippen LogP contribution >= 0.6 is 11.6 Å². The van der Waals surface area contributed by atoms with E-state index in [1.807, 2.05) is 6.07 Å². The second kappa shape index (κ2) is 4.66. The Hall–Kier alpha value is -1.36. The smallest absolute Gasteiger partial charge is 0.423 e. The van der Waals surface area contributed by atoms with Gasteiger partial charge in [0.15, 0.2) is 0 Å². The number of rotatable bonds is 2. The molecule has 80 valence electrons. The fourth-order valence-electron chi connectivity index (χ4n) is 1.42. The first-order valence-electron chi connectivity index (χ1n) is 4.75. The molecule has 16 heavy (non-hydrogen) atoms. The minimum Gasteiger partial charge on any atom is -0.423 e. The first-order chi connectivity index (χ1) is 7.66. The highest BCUT2D eigenvalue weighted by Crippen LogP contribution is 2.18. The van der Waals surface area contributed by atoms with Gasteiger partial charge in [-0.3, -0.25) is 4.98 Å². The third kappa shape index (κ3) is 2.42. The van der Waals surface area contributed by atoms with E-state index in [-0.39, 0.29) is 0 Å². The summed E-state index contributed by atoms with van der Waals surface area (Å²) in [5.41, 5.74) is 1.93. The Labute approximate surface area is 98.5 Å². The minimum absolute atomic E-state index is 0.430. The Bertz CT molecular complexity index is 505. The SMILES string of the molecule is OB(O)c1cccc(-c2cc(Cl)ccn2)c1. The van der Waals surface area contributed by atoms with E-state index in [1.165, 1.54) is 0 Å². The molecule has 2 rings (SSSR count). The number of hydrogen-bond donors (Lipinski definition) is 2. The minimum atomic E-state index is -1.47. The van der Waals surface area contributed by atoms with Crippen molar-refractivity contribution in [2.75, 3.05) is 0 Å². The number of pyridine rings is 1. The second-order valence-electron chi connectivity index (χ2n) is 3.36. The van der Waals surface area contributed by atoms with Crippen LogP contribution < -0.4 is 5.46 Å². The first-order valence-corrected chi connectivity index (χ1v) is 5.12. The third-order valence-corrected chi connectivity index (χ3v) is 2.44. The van der Waals surface area contributed by atoms with E-state index in [4.69, 9.17) is 21.6 Å². The first kappa shape index (κ1) is 11.1. The Morgan fingerprint density at radius 2 is 1.94 bits per heavy atom. The van der Waals surface area contributed by atoms with Crippen molar-refractivity contribution in [2.45, 2.75) is 0 Å². The molecule has 2 aromatic rings. The van der Waals surface area contributed by atoms with Crippen LogP contribution in [0.3, 0.4) is 0 Å². The third-order valence-electron chi connectivity index (χ3n) is 2.20. The molecule has 0 fully saturated rings. The van der Waals surface area contributed by atoms with Crippen LogP contribution in [0.1, 0.15) is 0 Å². The molecular formula is C11H9BClNO2. The largest absolute Gasteiger partial charge is 0.488 e. The topological polar surface area (TPSA) is 53.4 Å². The van der Waals surface area contributed by atoms with Crippen molar-refractivity contribution in [2.24, 2.45) is 0 Å². The Kier molecular flexibility index (Phi) is 3.24. The number of benzene rings is 1. The van der Waals surface area contributed by atoms with Gasteiger partial charge in [0.2, 0.25) is 0 Å². The second-order valence-corrected chi connectivity index (χ2v) is 3.79. The van der Waals surface area contributed by atoms with Crippen LogP contribution in [0.5, 0.6) is 0 Å². The fraction of sp³-hybridized carbons (Fsp3) is 0. The molecule has 1 aromatic heterocycles. The van der Waals surface area contributed by atoms with Gasteiger partial charge < -0.3 is 10.0 Å². The molecule has 5 heteroatoms. The van der Waals surface area contributed by atoms with Crippen LogP contribution in [-0.4, -0.2) is 22.2 Å². The summed E-state index contributed by atoms with van der Waals surface area (Å²) in [6, 6.07) is 10.3. The number of hydrogen-bond acceptors (Lipinski definition) is 3. The Morgan fingerprint density at radius 3 is 2.62 bits per heavy atom. The maximum absolute atomic E-state index is 9.06. The van der Waals surface area contributed by atoms with Gasteiger partial charge in [-0.1, -0.05) is 35.9 Å². The van der Waals surface area contributed by atoms with E-state index < -0.39 is 7.12 Å². The van der Waals surface area contributed by atoms with Crippen molar-refractivity contribution in [3.05, 3.63) is 47.6 Å². The summed E-state index contributed by atoms with van der Waals surface area (Å²) in [6.07, 6.45) is 1.61. The number of aromatic nitrogens is 1. The number of nitrogens with zero attached hydrogens (tertiary/aromatic N) is 1. The molecule has 0 radical (unpaired) electrons. The van der Waals surface area contributed by atoms with Gasteiger partial charge in [-0.05, 0) is 23.2 Å². The van der Waals surface area contributed by atoms with Gasteiger partial charge in [-0.15, -0.1) is 0 Å². The summed E-state index contributed by atoms with van der Waals surface area (Å²) in [5, 5.41) is 18.7. The van der Waals surface area contributed by atoms with E-state index in [0.717, 1.165) is 5.56 Å². The van der Waals surface area contributed by atoms with Crippen LogP contribution in [0.2, 0.25) is 5.02 Å². The lowest BCUT2D eigenvalue weighted by Crippen LogP contribution is -2.29. The van der Waals surface area contributed by atoms with Gasteiger partial charge in [-0.2, -0.15) is 0 Å². The average Bonchev–Trinajstić information content (AvgIpc) is 2.29. The normalized spacial score (nSPS) is 10.2. The van der Waals surface area contributed by atoms with Crippen LogP contribution in [-0.2, 0) is 0 Å². The van der Waals surface area contributed by atoms with Crippen molar-refractivity contribution in [1.29, 1.82) is 0 Å². The Morgan fingerprint density at radius 1 is 1.12 bits per heavy atom. The molecule has 0 aliphatic carbocycles. The lowest BCUT2D eigenvalue weighted by Gasteiger charge is -2.04. The van der Waals surface area contributed by atoms with E-state index in [2.05, 4.69) is 4.98 Å². The summed E-state index contributed by atoms with van der Waals surface area (Å²) >= 11 is 5.86. The predicted molar refractivity (Wildman–Crippen MR) is 64.5 cm³/mol. The van der Waals surface area contributed by atoms with Crippen LogP contribution in [0.25, 0.3) is 11.3 Å². The van der Waals surface area contributed by atoms with Gasteiger partial charge in [-0.25, -0.2) is 0 Å². The molecule has 1 aromatic carbocycles. The van der Waals surface area contributed by atoms with Gasteiger partial charge in [0, 0.05) is 11.2 Å². The predicted octanol–water partition coefficient (Wildman–Crippen LogP) is 1.08. The van der Waals surface area contributed by atoms with Crippen molar-refractivity contribution in [1.82, 2.24) is 4.98 Å². The van der Waals surface area contributed by atoms with Gasteiger partial charge in [0.1, 0.15) is 0 Å². The standard InChI is InChI=1S/C11H9BClNO2/c13-10-4-5-14-11(7-10)8-2-1-3-9(6-8)12(15)16/h1-7,15-16H. The summed E-state index contributed by atoms with van der Waals surface area (Å²) in [6.45, 7) is 0.